The van der Waals surface area contributed by atoms with E-state index in [9.17, 15) is 4.79 Å². The van der Waals surface area contributed by atoms with Crippen LogP contribution in [0.3, 0.4) is 0 Å². The van der Waals surface area contributed by atoms with Gasteiger partial charge in [-0.3, -0.25) is 4.79 Å². The Kier molecular flexibility index (Phi) is 8.30. The summed E-state index contributed by atoms with van der Waals surface area (Å²) >= 11 is 7.64. The Hall–Kier alpha value is -2.76. The first-order valence-corrected chi connectivity index (χ1v) is 12.2. The Balaban J connectivity index is 1.50. The molecule has 4 rings (SSSR count). The molecule has 1 amide bonds. The predicted octanol–water partition coefficient (Wildman–Crippen LogP) is 2.87. The summed E-state index contributed by atoms with van der Waals surface area (Å²) in [5.41, 5.74) is 3.16. The van der Waals surface area contributed by atoms with E-state index in [-0.39, 0.29) is 19.1 Å². The number of aromatic nitrogens is 3. The number of ether oxygens (including phenoxy) is 1. The molecule has 0 atom stereocenters. The first-order chi connectivity index (χ1) is 16.6. The Bertz CT molecular complexity index is 1270. The average Bonchev–Trinajstić information content (AvgIpc) is 3.40. The van der Waals surface area contributed by atoms with Gasteiger partial charge in [-0.15, -0.1) is 0 Å². The zero-order chi connectivity index (χ0) is 23.9. The largest absolute Gasteiger partial charge is 0.394 e. The number of hydrogen-bond donors (Lipinski definition) is 4. The van der Waals surface area contributed by atoms with Crippen molar-refractivity contribution in [1.82, 2.24) is 25.2 Å². The molecule has 0 fully saturated rings. The summed E-state index contributed by atoms with van der Waals surface area (Å²) in [5.74, 6) is 0.671. The van der Waals surface area contributed by atoms with Crippen LogP contribution in [0, 0.1) is 0 Å². The van der Waals surface area contributed by atoms with Gasteiger partial charge in [-0.2, -0.15) is 0 Å². The fourth-order valence-electron chi connectivity index (χ4n) is 3.56. The lowest BCUT2D eigenvalue weighted by Gasteiger charge is -2.10. The van der Waals surface area contributed by atoms with Gasteiger partial charge >= 0.3 is 0 Å². The summed E-state index contributed by atoms with van der Waals surface area (Å²) in [6.07, 6.45) is 0. The van der Waals surface area contributed by atoms with Gasteiger partial charge < -0.3 is 30.4 Å². The zero-order valence-electron chi connectivity index (χ0n) is 18.8. The molecule has 0 aliphatic carbocycles. The lowest BCUT2D eigenvalue weighted by Crippen LogP contribution is -2.27. The second kappa shape index (κ2) is 11.6. The smallest absolute Gasteiger partial charge is 0.251 e. The lowest BCUT2D eigenvalue weighted by atomic mass is 10.2. The number of carbonyl (C=O) groups is 1. The van der Waals surface area contributed by atoms with Crippen molar-refractivity contribution in [3.8, 4) is 0 Å². The van der Waals surface area contributed by atoms with Gasteiger partial charge in [0.05, 0.1) is 47.6 Å². The van der Waals surface area contributed by atoms with E-state index in [0.29, 0.717) is 30.3 Å². The number of rotatable bonds is 12. The summed E-state index contributed by atoms with van der Waals surface area (Å²) in [6.45, 7) is 2.97. The highest BCUT2D eigenvalue weighted by molar-refractivity contribution is 7.22. The number of hydrogen-bond acceptors (Lipinski definition) is 8. The van der Waals surface area contributed by atoms with Crippen LogP contribution in [0.1, 0.15) is 16.2 Å². The van der Waals surface area contributed by atoms with Gasteiger partial charge in [-0.1, -0.05) is 22.9 Å². The predicted molar refractivity (Wildman–Crippen MR) is 136 cm³/mol. The van der Waals surface area contributed by atoms with Crippen molar-refractivity contribution in [2.75, 3.05) is 45.3 Å². The van der Waals surface area contributed by atoms with Gasteiger partial charge in [0.25, 0.3) is 5.91 Å². The number of anilines is 1. The minimum absolute atomic E-state index is 0.0364. The van der Waals surface area contributed by atoms with Crippen LogP contribution in [-0.4, -0.2) is 65.5 Å². The van der Waals surface area contributed by atoms with E-state index in [0.717, 1.165) is 45.3 Å². The topological polar surface area (TPSA) is 113 Å². The van der Waals surface area contributed by atoms with Crippen molar-refractivity contribution in [2.45, 2.75) is 13.1 Å². The van der Waals surface area contributed by atoms with Crippen molar-refractivity contribution in [2.24, 2.45) is 0 Å². The first-order valence-electron chi connectivity index (χ1n) is 11.0. The van der Waals surface area contributed by atoms with Crippen molar-refractivity contribution in [3.63, 3.8) is 0 Å². The van der Waals surface area contributed by atoms with E-state index >= 15 is 0 Å². The molecule has 2 aromatic heterocycles. The quantitative estimate of drug-likeness (QED) is 0.220. The maximum absolute atomic E-state index is 12.5. The molecule has 2 aromatic carbocycles. The first kappa shape index (κ1) is 24.4. The molecule has 2 heterocycles. The summed E-state index contributed by atoms with van der Waals surface area (Å²) in [6, 6.07) is 11.2. The molecule has 0 saturated carbocycles. The summed E-state index contributed by atoms with van der Waals surface area (Å²) in [5, 5.41) is 19.6. The Morgan fingerprint density at radius 1 is 1.15 bits per heavy atom. The zero-order valence-corrected chi connectivity index (χ0v) is 20.4. The van der Waals surface area contributed by atoms with E-state index < -0.39 is 0 Å². The van der Waals surface area contributed by atoms with Crippen LogP contribution in [0.5, 0.6) is 0 Å². The van der Waals surface area contributed by atoms with Gasteiger partial charge in [0.2, 0.25) is 0 Å². The van der Waals surface area contributed by atoms with Crippen LogP contribution in [-0.2, 0) is 17.8 Å². The summed E-state index contributed by atoms with van der Waals surface area (Å²) < 4.78 is 8.35. The van der Waals surface area contributed by atoms with Gasteiger partial charge in [-0.25, -0.2) is 9.97 Å². The number of aliphatic hydroxyl groups is 1. The number of aliphatic hydroxyl groups excluding tert-OH is 1. The maximum atomic E-state index is 12.5. The molecule has 0 aliphatic rings. The minimum Gasteiger partial charge on any atom is -0.394 e. The molecular formula is C23H27ClN6O3S. The molecule has 0 aliphatic heterocycles. The molecule has 34 heavy (non-hydrogen) atoms. The van der Waals surface area contributed by atoms with E-state index in [1.165, 1.54) is 0 Å². The minimum atomic E-state index is -0.188. The molecular weight excluding hydrogens is 476 g/mol. The highest BCUT2D eigenvalue weighted by Crippen LogP contribution is 2.29. The molecule has 9 nitrogen and oxygen atoms in total. The van der Waals surface area contributed by atoms with E-state index in [2.05, 4.69) is 25.5 Å². The molecule has 0 bridgehead atoms. The van der Waals surface area contributed by atoms with Crippen molar-refractivity contribution < 1.29 is 14.6 Å². The number of benzene rings is 2. The molecule has 0 radical (unpaired) electrons. The number of imidazole rings is 1. The van der Waals surface area contributed by atoms with Crippen LogP contribution in [0.15, 0.2) is 36.4 Å². The molecule has 0 saturated heterocycles. The van der Waals surface area contributed by atoms with Crippen molar-refractivity contribution >= 4 is 55.2 Å². The Labute approximate surface area is 206 Å². The average molecular weight is 503 g/mol. The highest BCUT2D eigenvalue weighted by Gasteiger charge is 2.14. The van der Waals surface area contributed by atoms with E-state index in [1.54, 1.807) is 23.5 Å². The third-order valence-corrected chi connectivity index (χ3v) is 6.40. The van der Waals surface area contributed by atoms with Gasteiger partial charge in [-0.05, 0) is 43.4 Å². The number of carbonyl (C=O) groups excluding carboxylic acids is 1. The standard InChI is InChI=1S/C23H27ClN6O3S/c1-25-6-8-30-19-5-2-15(22(32)26-7-10-33-11-9-31)12-18(19)28-21(30)14-27-23-29-17-4-3-16(24)13-20(17)34-23/h2-5,12-13,25,31H,6-11,14H2,1H3,(H,26,32)(H,27,29). The normalized spacial score (nSPS) is 11.4. The van der Waals surface area contributed by atoms with Crippen LogP contribution in [0.4, 0.5) is 5.13 Å². The number of likely N-dealkylation sites (N-methyl/N-ethyl adjacent to an activating group) is 1. The molecule has 180 valence electrons. The maximum Gasteiger partial charge on any atom is 0.251 e. The van der Waals surface area contributed by atoms with E-state index in [4.69, 9.17) is 26.4 Å². The summed E-state index contributed by atoms with van der Waals surface area (Å²) in [4.78, 5) is 21.9. The van der Waals surface area contributed by atoms with Gasteiger partial charge in [0, 0.05) is 30.2 Å². The van der Waals surface area contributed by atoms with Crippen LogP contribution < -0.4 is 16.0 Å². The Morgan fingerprint density at radius 2 is 2.03 bits per heavy atom. The Morgan fingerprint density at radius 3 is 2.85 bits per heavy atom. The second-order valence-corrected chi connectivity index (χ2v) is 9.03. The van der Waals surface area contributed by atoms with Gasteiger partial charge in [0.15, 0.2) is 5.13 Å². The van der Waals surface area contributed by atoms with Crippen molar-refractivity contribution in [3.05, 3.63) is 52.8 Å². The fourth-order valence-corrected chi connectivity index (χ4v) is 4.70. The second-order valence-electron chi connectivity index (χ2n) is 7.56. The lowest BCUT2D eigenvalue weighted by molar-refractivity contribution is 0.0838. The van der Waals surface area contributed by atoms with E-state index in [1.807, 2.05) is 31.3 Å². The number of nitrogens with zero attached hydrogens (tertiary/aromatic N) is 3. The van der Waals surface area contributed by atoms with Crippen LogP contribution in [0.25, 0.3) is 21.3 Å². The van der Waals surface area contributed by atoms with Gasteiger partial charge in [0.1, 0.15) is 5.82 Å². The van der Waals surface area contributed by atoms with Crippen LogP contribution in [0.2, 0.25) is 5.02 Å². The number of amides is 1. The number of halogens is 1. The molecule has 0 spiro atoms. The molecule has 4 N–H and O–H groups in total. The number of nitrogens with one attached hydrogen (secondary N) is 3. The SMILES string of the molecule is CNCCn1c(CNc2nc3ccc(Cl)cc3s2)nc2cc(C(=O)NCCOCCO)ccc21. The van der Waals surface area contributed by atoms with Crippen LogP contribution >= 0.6 is 22.9 Å². The monoisotopic (exact) mass is 502 g/mol. The molecule has 0 unspecified atom stereocenters. The number of fused-ring (bicyclic) bond motifs is 2. The third-order valence-electron chi connectivity index (χ3n) is 5.19. The third kappa shape index (κ3) is 5.83. The summed E-state index contributed by atoms with van der Waals surface area (Å²) in [7, 11) is 1.91. The molecule has 11 heteroatoms. The number of thiazole rings is 1. The fraction of sp³-hybridized carbons (Fsp3) is 0.348. The molecule has 4 aromatic rings. The highest BCUT2D eigenvalue weighted by atomic mass is 35.5. The van der Waals surface area contributed by atoms with Crippen molar-refractivity contribution in [1.29, 1.82) is 0 Å².